The molecular weight excluding hydrogens is 484 g/mol. The second kappa shape index (κ2) is 6.60. The number of aryl methyl sites for hydroxylation is 2. The number of hydrogen-bond donors (Lipinski definition) is 0. The van der Waals surface area contributed by atoms with E-state index < -0.39 is 27.0 Å². The lowest BCUT2D eigenvalue weighted by Gasteiger charge is -2.51. The summed E-state index contributed by atoms with van der Waals surface area (Å²) < 4.78 is -0.879. The first-order chi connectivity index (χ1) is 15.8. The molecule has 3 aromatic rings. The molecule has 1 saturated heterocycles. The first-order valence-corrected chi connectivity index (χ1v) is 11.6. The second-order valence-corrected chi connectivity index (χ2v) is 10.3. The van der Waals surface area contributed by atoms with E-state index in [1.165, 1.54) is 6.07 Å². The third kappa shape index (κ3) is 2.38. The first kappa shape index (κ1) is 20.3. The number of hydrogen-bond acceptors (Lipinski definition) is 4. The summed E-state index contributed by atoms with van der Waals surface area (Å²) in [5.41, 5.74) is 5.34. The van der Waals surface area contributed by atoms with Crippen molar-refractivity contribution in [3.05, 3.63) is 104 Å². The van der Waals surface area contributed by atoms with Crippen LogP contribution in [0.3, 0.4) is 0 Å². The second-order valence-electron chi connectivity index (χ2n) is 9.06. The van der Waals surface area contributed by atoms with Crippen LogP contribution in [0.15, 0.2) is 60.7 Å². The third-order valence-corrected chi connectivity index (χ3v) is 8.89. The molecule has 164 valence electrons. The van der Waals surface area contributed by atoms with Crippen LogP contribution >= 0.6 is 15.9 Å². The lowest BCUT2D eigenvalue weighted by molar-refractivity contribution is -0.384. The zero-order chi connectivity index (χ0) is 23.2. The highest BCUT2D eigenvalue weighted by molar-refractivity contribution is 9.09. The van der Waals surface area contributed by atoms with Gasteiger partial charge >= 0.3 is 0 Å². The molecule has 0 saturated carbocycles. The van der Waals surface area contributed by atoms with E-state index in [0.717, 1.165) is 38.3 Å². The van der Waals surface area contributed by atoms with Gasteiger partial charge in [-0.05, 0) is 53.3 Å². The molecule has 33 heavy (non-hydrogen) atoms. The maximum atomic E-state index is 14.0. The molecule has 0 aromatic heterocycles. The van der Waals surface area contributed by atoms with Crippen molar-refractivity contribution >= 4 is 39.1 Å². The molecule has 1 aliphatic heterocycles. The number of nitrogens with zero attached hydrogens (tertiary/aromatic N) is 2. The van der Waals surface area contributed by atoms with Gasteiger partial charge in [0.2, 0.25) is 11.8 Å². The monoisotopic (exact) mass is 502 g/mol. The van der Waals surface area contributed by atoms with Crippen LogP contribution in [-0.4, -0.2) is 16.7 Å². The van der Waals surface area contributed by atoms with Crippen LogP contribution < -0.4 is 4.90 Å². The van der Waals surface area contributed by atoms with Gasteiger partial charge in [0.1, 0.15) is 5.69 Å². The van der Waals surface area contributed by atoms with E-state index in [2.05, 4.69) is 15.9 Å². The van der Waals surface area contributed by atoms with Gasteiger partial charge in [0.05, 0.1) is 21.1 Å². The standard InChI is InChI=1S/C26H19BrN2O4/c1-13-11-19(20(29(32)33)12-14(13)2)28-24(30)22-21-15-7-3-5-9-17(15)26(27,23(22)25(28)31)18-10-6-4-8-16(18)21/h3-12,21-23H,1-2H3/t21?,22-,23-,26?/m1/s1. The van der Waals surface area contributed by atoms with Crippen molar-refractivity contribution in [1.29, 1.82) is 0 Å². The van der Waals surface area contributed by atoms with Gasteiger partial charge in [-0.2, -0.15) is 0 Å². The fourth-order valence-electron chi connectivity index (χ4n) is 6.03. The summed E-state index contributed by atoms with van der Waals surface area (Å²) in [5.74, 6) is -2.39. The number of carbonyl (C=O) groups excluding carboxylic acids is 2. The van der Waals surface area contributed by atoms with Gasteiger partial charge in [-0.15, -0.1) is 0 Å². The van der Waals surface area contributed by atoms with Crippen molar-refractivity contribution in [2.24, 2.45) is 11.8 Å². The fraction of sp³-hybridized carbons (Fsp3) is 0.231. The molecule has 7 rings (SSSR count). The number of benzene rings is 3. The quantitative estimate of drug-likeness (QED) is 0.211. The summed E-state index contributed by atoms with van der Waals surface area (Å²) in [5, 5.41) is 11.9. The first-order valence-electron chi connectivity index (χ1n) is 10.8. The van der Waals surface area contributed by atoms with Crippen LogP contribution in [0.4, 0.5) is 11.4 Å². The van der Waals surface area contributed by atoms with Gasteiger partial charge in [0.15, 0.2) is 0 Å². The van der Waals surface area contributed by atoms with Gasteiger partial charge in [0, 0.05) is 12.0 Å². The molecule has 3 aromatic carbocycles. The number of amides is 2. The van der Waals surface area contributed by atoms with Crippen LogP contribution in [0.1, 0.15) is 39.3 Å². The average Bonchev–Trinajstić information content (AvgIpc) is 3.07. The molecule has 0 radical (unpaired) electrons. The van der Waals surface area contributed by atoms with Crippen molar-refractivity contribution in [1.82, 2.24) is 0 Å². The number of nitro groups is 1. The van der Waals surface area contributed by atoms with Crippen LogP contribution in [-0.2, 0) is 13.9 Å². The highest BCUT2D eigenvalue weighted by atomic mass is 79.9. The van der Waals surface area contributed by atoms with Crippen molar-refractivity contribution in [3.63, 3.8) is 0 Å². The molecule has 2 bridgehead atoms. The Bertz CT molecular complexity index is 1370. The molecule has 1 heterocycles. The Kier molecular flexibility index (Phi) is 4.06. The summed E-state index contributed by atoms with van der Waals surface area (Å²) in [6.45, 7) is 3.60. The van der Waals surface area contributed by atoms with E-state index >= 15 is 0 Å². The zero-order valence-corrected chi connectivity index (χ0v) is 19.5. The Morgan fingerprint density at radius 3 is 2.03 bits per heavy atom. The van der Waals surface area contributed by atoms with E-state index in [-0.39, 0.29) is 23.2 Å². The summed E-state index contributed by atoms with van der Waals surface area (Å²) >= 11 is 3.95. The summed E-state index contributed by atoms with van der Waals surface area (Å²) in [4.78, 5) is 40.4. The minimum atomic E-state index is -0.879. The fourth-order valence-corrected chi connectivity index (χ4v) is 7.23. The van der Waals surface area contributed by atoms with E-state index in [4.69, 9.17) is 0 Å². The Hall–Kier alpha value is -3.32. The van der Waals surface area contributed by atoms with E-state index in [1.807, 2.05) is 55.5 Å². The molecule has 0 spiro atoms. The smallest absolute Gasteiger partial charge is 0.274 e. The van der Waals surface area contributed by atoms with E-state index in [1.54, 1.807) is 13.0 Å². The number of halogens is 1. The van der Waals surface area contributed by atoms with Gasteiger partial charge in [-0.25, -0.2) is 4.90 Å². The van der Waals surface area contributed by atoms with E-state index in [9.17, 15) is 19.7 Å². The van der Waals surface area contributed by atoms with Crippen LogP contribution in [0.2, 0.25) is 0 Å². The summed E-state index contributed by atoms with van der Waals surface area (Å²) in [7, 11) is 0. The molecular formula is C26H19BrN2O4. The lowest BCUT2D eigenvalue weighted by atomic mass is 9.55. The van der Waals surface area contributed by atoms with Gasteiger partial charge in [-0.1, -0.05) is 64.5 Å². The molecule has 2 atom stereocenters. The maximum Gasteiger partial charge on any atom is 0.293 e. The van der Waals surface area contributed by atoms with E-state index in [0.29, 0.717) is 0 Å². The summed E-state index contributed by atoms with van der Waals surface area (Å²) in [6.07, 6.45) is 0. The Balaban J connectivity index is 1.61. The minimum absolute atomic E-state index is 0.0520. The highest BCUT2D eigenvalue weighted by Gasteiger charge is 2.68. The number of rotatable bonds is 2. The number of alkyl halides is 1. The van der Waals surface area contributed by atoms with Crippen LogP contribution in [0.25, 0.3) is 0 Å². The molecule has 7 heteroatoms. The number of imide groups is 1. The SMILES string of the molecule is Cc1cc(N2C(=O)[C@@H]3C4c5ccccc5C(Br)(c5ccccc54)[C@H]3C2=O)c([N+](=O)[O-])cc1C. The van der Waals surface area contributed by atoms with Crippen molar-refractivity contribution in [3.8, 4) is 0 Å². The number of carbonyl (C=O) groups is 2. The van der Waals surface area contributed by atoms with Gasteiger partial charge in [-0.3, -0.25) is 19.7 Å². The molecule has 6 nitrogen and oxygen atoms in total. The maximum absolute atomic E-state index is 14.0. The molecule has 2 amide bonds. The predicted molar refractivity (Wildman–Crippen MR) is 126 cm³/mol. The summed E-state index contributed by atoms with van der Waals surface area (Å²) in [6, 6.07) is 18.8. The van der Waals surface area contributed by atoms with Gasteiger partial charge < -0.3 is 0 Å². The Morgan fingerprint density at radius 1 is 0.909 bits per heavy atom. The van der Waals surface area contributed by atoms with Crippen LogP contribution in [0, 0.1) is 35.8 Å². The highest BCUT2D eigenvalue weighted by Crippen LogP contribution is 2.66. The largest absolute Gasteiger partial charge is 0.293 e. The van der Waals surface area contributed by atoms with Gasteiger partial charge in [0.25, 0.3) is 5.69 Å². The average molecular weight is 503 g/mol. The molecule has 1 fully saturated rings. The van der Waals surface area contributed by atoms with Crippen LogP contribution in [0.5, 0.6) is 0 Å². The third-order valence-electron chi connectivity index (χ3n) is 7.54. The molecule has 4 aliphatic rings. The number of anilines is 1. The topological polar surface area (TPSA) is 80.5 Å². The lowest BCUT2D eigenvalue weighted by Crippen LogP contribution is -2.50. The molecule has 0 N–H and O–H groups in total. The van der Waals surface area contributed by atoms with Crippen molar-refractivity contribution in [2.45, 2.75) is 24.1 Å². The minimum Gasteiger partial charge on any atom is -0.274 e. The Morgan fingerprint density at radius 2 is 1.45 bits per heavy atom. The zero-order valence-electron chi connectivity index (χ0n) is 17.9. The predicted octanol–water partition coefficient (Wildman–Crippen LogP) is 5.11. The molecule has 3 aliphatic carbocycles. The normalized spacial score (nSPS) is 26.8. The number of nitro benzene ring substituents is 1. The molecule has 0 unspecified atom stereocenters. The van der Waals surface area contributed by atoms with Crippen molar-refractivity contribution < 1.29 is 14.5 Å². The van der Waals surface area contributed by atoms with Crippen molar-refractivity contribution in [2.75, 3.05) is 4.90 Å². The Labute approximate surface area is 198 Å².